The third-order valence-corrected chi connectivity index (χ3v) is 22.2. The molecule has 0 amide bonds. The summed E-state index contributed by atoms with van der Waals surface area (Å²) >= 11 is 0. The van der Waals surface area contributed by atoms with E-state index in [1.807, 2.05) is 0 Å². The van der Waals surface area contributed by atoms with Gasteiger partial charge in [0.2, 0.25) is 0 Å². The van der Waals surface area contributed by atoms with E-state index in [9.17, 15) is 14.4 Å². The minimum absolute atomic E-state index is 0.0208. The molecule has 0 aromatic rings. The highest BCUT2D eigenvalue weighted by Crippen LogP contribution is 2.27. The number of hydrogen-bond acceptors (Lipinski definition) is 4. The Labute approximate surface area is 683 Å². The first-order valence-corrected chi connectivity index (χ1v) is 45.5. The topological polar surface area (TPSA) is 72.4 Å². The highest BCUT2D eigenvalue weighted by atomic mass is 31.2. The van der Waals surface area contributed by atoms with Crippen LogP contribution in [0.25, 0.3) is 0 Å². The summed E-state index contributed by atoms with van der Waals surface area (Å²) in [7, 11) is -4.86. The van der Waals surface area contributed by atoms with E-state index in [1.165, 1.54) is 163 Å². The van der Waals surface area contributed by atoms with Crippen LogP contribution in [0.15, 0.2) is 233 Å². The fourth-order valence-corrected chi connectivity index (χ4v) is 13.8. The van der Waals surface area contributed by atoms with Gasteiger partial charge in [-0.3, -0.25) is 0 Å². The number of allylic oxidation sites excluding steroid dienone is 40. The Hall–Kier alpha value is -5.09. The Kier molecular flexibility index (Phi) is 65.2. The third-order valence-electron chi connectivity index (χ3n) is 21.7. The summed E-state index contributed by atoms with van der Waals surface area (Å²) < 4.78 is 15.0. The van der Waals surface area contributed by atoms with Gasteiger partial charge in [0.05, 0.1) is 14.4 Å². The molecular weight excluding hydrogens is 1360 g/mol. The minimum Gasteiger partial charge on any atom is -0.790 e. The van der Waals surface area contributed by atoms with Gasteiger partial charge in [-0.1, -0.05) is 240 Å². The molecule has 0 heterocycles. The van der Waals surface area contributed by atoms with E-state index in [4.69, 9.17) is 0 Å². The molecule has 622 valence electrons. The Balaban J connectivity index is 4.36. The van der Waals surface area contributed by atoms with Crippen molar-refractivity contribution >= 4 is 7.82 Å². The van der Waals surface area contributed by atoms with E-state index >= 15 is 0 Å². The Morgan fingerprint density at radius 3 is 0.445 bits per heavy atom. The maximum Gasteiger partial charge on any atom is 0.0596 e. The number of rotatable bonds is 64. The van der Waals surface area contributed by atoms with E-state index in [-0.39, 0.29) is 6.61 Å². The Morgan fingerprint density at radius 2 is 0.327 bits per heavy atom. The van der Waals surface area contributed by atoms with Crippen LogP contribution in [-0.2, 0) is 9.09 Å². The second kappa shape index (κ2) is 68.3. The second-order valence-electron chi connectivity index (χ2n) is 34.2. The van der Waals surface area contributed by atoms with E-state index in [0.717, 1.165) is 205 Å². The van der Waals surface area contributed by atoms with Crippen molar-refractivity contribution in [1.82, 2.24) is 0 Å². The van der Waals surface area contributed by atoms with Crippen LogP contribution in [0.4, 0.5) is 0 Å². The lowest BCUT2D eigenvalue weighted by Crippen LogP contribution is -2.17. The summed E-state index contributed by atoms with van der Waals surface area (Å²) in [4.78, 5) is 21.3. The molecule has 0 N–H and O–H groups in total. The molecule has 0 aromatic heterocycles. The van der Waals surface area contributed by atoms with Crippen molar-refractivity contribution in [2.75, 3.05) is 6.61 Å². The molecule has 0 aromatic carbocycles. The molecule has 5 heteroatoms. The summed E-state index contributed by atoms with van der Waals surface area (Å²) in [5.74, 6) is 0.316. The Morgan fingerprint density at radius 1 is 0.209 bits per heavy atom. The normalized spacial score (nSPS) is 15.5. The van der Waals surface area contributed by atoms with Crippen LogP contribution in [0.3, 0.4) is 0 Å². The molecule has 0 aliphatic carbocycles. The van der Waals surface area contributed by atoms with E-state index in [2.05, 4.69) is 278 Å². The van der Waals surface area contributed by atoms with Crippen LogP contribution >= 0.6 is 7.82 Å². The molecule has 1 unspecified atom stereocenters. The molecule has 0 bridgehead atoms. The van der Waals surface area contributed by atoms with Crippen LogP contribution in [0, 0.1) is 5.92 Å². The lowest BCUT2D eigenvalue weighted by atomic mass is 10.0. The lowest BCUT2D eigenvalue weighted by molar-refractivity contribution is -0.341. The highest BCUT2D eigenvalue weighted by molar-refractivity contribution is 7.43. The summed E-state index contributed by atoms with van der Waals surface area (Å²) in [6.07, 6.45) is 95.0. The highest BCUT2D eigenvalue weighted by Gasteiger charge is 2.06. The van der Waals surface area contributed by atoms with Gasteiger partial charge in [0, 0.05) is 0 Å². The van der Waals surface area contributed by atoms with E-state index < -0.39 is 7.82 Å². The van der Waals surface area contributed by atoms with Gasteiger partial charge in [0.1, 0.15) is 0 Å². The van der Waals surface area contributed by atoms with Gasteiger partial charge in [-0.25, -0.2) is 0 Å². The summed E-state index contributed by atoms with van der Waals surface area (Å²) in [5.41, 5.74) is 30.1. The van der Waals surface area contributed by atoms with Crippen LogP contribution in [0.5, 0.6) is 0 Å². The molecule has 0 radical (unpaired) electrons. The number of phosphoric ester groups is 1. The zero-order valence-electron chi connectivity index (χ0n) is 75.9. The minimum atomic E-state index is -4.86. The van der Waals surface area contributed by atoms with Crippen molar-refractivity contribution in [1.29, 1.82) is 0 Å². The molecule has 0 rings (SSSR count). The first-order chi connectivity index (χ1) is 52.3. The SMILES string of the molecule is CC(C)=CCC/C(C)=C/CC/C(C)=C/CC/C(C)=C\CC/C(C)=C\CC/C(C)=C\CC/C(C)=C\CC/C(C)=C\CC/C(C)=C\CC/C(C)=C\CC/C(C)=C\CC/C(C)=C\CC/C(C)=C\CC/C(C)=C\CC/C(C)=C\CC/C(C)=C\CC/C(C)=C\CC/C(C)=C\CC/C(C)=C\CC/C(C)=C\CCC(C)CCOP(=O)([O-])[O-]. The standard InChI is InChI=1S/C105H173O4P/c1-85(2)43-23-44-86(3)45-24-46-87(4)47-25-48-88(5)49-26-50-89(6)51-27-52-90(7)53-28-54-91(8)55-29-56-92(9)57-30-58-93(10)59-31-60-94(11)61-32-62-95(12)63-33-64-96(13)65-34-66-97(14)67-35-68-98(15)69-36-70-99(16)71-37-72-100(17)73-38-74-101(18)75-39-76-102(19)77-40-78-103(20)79-41-80-104(21)81-42-82-105(22)83-84-109-110(106,107)108/h43,45,47,49,51,53,55,57,59,61,63,65,67,69,71,73,75,77,79,81,105H,23-42,44,46,48,50,52,54,56,58,60,62,64,66,68,70,72,74,76,78,80,82-84H2,1-22H3,(H2,106,107,108)/p-2/b86-45+,87-47+,88-49-,89-51-,90-53-,91-55-,92-57-,93-59-,94-61-,95-63-,96-65-,97-67-,98-69-,99-71-,100-73-,101-75-,102-77-,103-79-,104-81-. The van der Waals surface area contributed by atoms with Crippen molar-refractivity contribution in [2.45, 2.75) is 416 Å². The van der Waals surface area contributed by atoms with E-state index in [0.29, 0.717) is 12.3 Å². The van der Waals surface area contributed by atoms with Crippen LogP contribution in [0.2, 0.25) is 0 Å². The molecular formula is C105H171O4P-2. The van der Waals surface area contributed by atoms with Crippen LogP contribution < -0.4 is 9.79 Å². The first-order valence-electron chi connectivity index (χ1n) is 44.1. The van der Waals surface area contributed by atoms with Gasteiger partial charge < -0.3 is 18.9 Å². The zero-order chi connectivity index (χ0) is 82.2. The molecule has 1 atom stereocenters. The van der Waals surface area contributed by atoms with Gasteiger partial charge in [-0.2, -0.15) is 0 Å². The predicted octanol–water partition coefficient (Wildman–Crippen LogP) is 34.4. The van der Waals surface area contributed by atoms with Gasteiger partial charge in [-0.15, -0.1) is 0 Å². The average molecular weight is 1530 g/mol. The molecule has 0 saturated carbocycles. The van der Waals surface area contributed by atoms with Gasteiger partial charge in [0.25, 0.3) is 0 Å². The Bertz CT molecular complexity index is 3250. The fraction of sp³-hybridized carbons (Fsp3) is 0.619. The molecule has 0 saturated heterocycles. The molecule has 0 spiro atoms. The van der Waals surface area contributed by atoms with Crippen molar-refractivity contribution in [3.8, 4) is 0 Å². The van der Waals surface area contributed by atoms with Crippen molar-refractivity contribution in [3.63, 3.8) is 0 Å². The smallest absolute Gasteiger partial charge is 0.0596 e. The maximum atomic E-state index is 10.6. The van der Waals surface area contributed by atoms with Crippen LogP contribution in [0.1, 0.15) is 416 Å². The monoisotopic (exact) mass is 1530 g/mol. The molecule has 0 aliphatic rings. The lowest BCUT2D eigenvalue weighted by Gasteiger charge is -2.29. The maximum absolute atomic E-state index is 10.6. The van der Waals surface area contributed by atoms with Crippen molar-refractivity contribution < 1.29 is 18.9 Å². The average Bonchev–Trinajstić information content (AvgIpc) is 0.999. The zero-order valence-corrected chi connectivity index (χ0v) is 76.8. The van der Waals surface area contributed by atoms with Gasteiger partial charge in [-0.05, 0) is 415 Å². The largest absolute Gasteiger partial charge is 0.790 e. The number of phosphoric acid groups is 1. The van der Waals surface area contributed by atoms with Crippen LogP contribution in [-0.4, -0.2) is 6.61 Å². The molecule has 0 fully saturated rings. The van der Waals surface area contributed by atoms with E-state index in [1.54, 1.807) is 0 Å². The molecule has 4 nitrogen and oxygen atoms in total. The quantitative estimate of drug-likeness (QED) is 0.0449. The predicted molar refractivity (Wildman–Crippen MR) is 493 cm³/mol. The summed E-state index contributed by atoms with van der Waals surface area (Å²) in [6.45, 7) is 50.1. The number of hydrogen-bond donors (Lipinski definition) is 0. The summed E-state index contributed by atoms with van der Waals surface area (Å²) in [6, 6.07) is 0. The fourth-order valence-electron chi connectivity index (χ4n) is 13.5. The van der Waals surface area contributed by atoms with Gasteiger partial charge >= 0.3 is 0 Å². The van der Waals surface area contributed by atoms with Crippen molar-refractivity contribution in [2.24, 2.45) is 5.92 Å². The molecule has 0 aliphatic heterocycles. The molecule has 110 heavy (non-hydrogen) atoms. The summed E-state index contributed by atoms with van der Waals surface area (Å²) in [5, 5.41) is 0. The third kappa shape index (κ3) is 71.9. The van der Waals surface area contributed by atoms with Gasteiger partial charge in [0.15, 0.2) is 0 Å². The first kappa shape index (κ1) is 105. The second-order valence-corrected chi connectivity index (χ2v) is 35.4. The van der Waals surface area contributed by atoms with Crippen molar-refractivity contribution in [3.05, 3.63) is 233 Å².